The van der Waals surface area contributed by atoms with Crippen LogP contribution in [-0.2, 0) is 4.79 Å². The number of halogens is 1. The molecule has 5 nitrogen and oxygen atoms in total. The van der Waals surface area contributed by atoms with Crippen molar-refractivity contribution in [2.24, 2.45) is 5.92 Å². The number of carboxylic acid groups (broad SMARTS) is 1. The van der Waals surface area contributed by atoms with E-state index >= 15 is 0 Å². The minimum absolute atomic E-state index is 0.0869. The van der Waals surface area contributed by atoms with Crippen LogP contribution >= 0.6 is 11.6 Å². The molecule has 0 aliphatic carbocycles. The molecule has 1 aliphatic heterocycles. The van der Waals surface area contributed by atoms with E-state index in [2.05, 4.69) is 0 Å². The van der Waals surface area contributed by atoms with Crippen LogP contribution < -0.4 is 0 Å². The lowest BCUT2D eigenvalue weighted by atomic mass is 10.0. The fraction of sp³-hybridized carbons (Fsp3) is 0.385. The summed E-state index contributed by atoms with van der Waals surface area (Å²) in [4.78, 5) is 24.8. The van der Waals surface area contributed by atoms with Crippen LogP contribution in [0.15, 0.2) is 18.2 Å². The molecule has 2 rings (SSSR count). The van der Waals surface area contributed by atoms with Crippen LogP contribution in [0.3, 0.4) is 0 Å². The lowest BCUT2D eigenvalue weighted by Crippen LogP contribution is -2.37. The molecule has 2 N–H and O–H groups in total. The normalized spacial score (nSPS) is 22.5. The number of likely N-dealkylation sites (tertiary alicyclic amines) is 1. The Morgan fingerprint density at radius 1 is 1.42 bits per heavy atom. The highest BCUT2D eigenvalue weighted by Gasteiger charge is 2.38. The van der Waals surface area contributed by atoms with Gasteiger partial charge in [-0.2, -0.15) is 0 Å². The molecule has 19 heavy (non-hydrogen) atoms. The Kier molecular flexibility index (Phi) is 3.66. The summed E-state index contributed by atoms with van der Waals surface area (Å²) in [5.74, 6) is -1.77. The van der Waals surface area contributed by atoms with Crippen LogP contribution in [-0.4, -0.2) is 39.6 Å². The summed E-state index contributed by atoms with van der Waals surface area (Å²) >= 11 is 5.77. The molecule has 2 unspecified atom stereocenters. The monoisotopic (exact) mass is 283 g/mol. The minimum Gasteiger partial charge on any atom is -0.506 e. The highest BCUT2D eigenvalue weighted by Crippen LogP contribution is 2.28. The Morgan fingerprint density at radius 2 is 2.11 bits per heavy atom. The molecule has 6 heteroatoms. The molecule has 0 saturated carbocycles. The summed E-state index contributed by atoms with van der Waals surface area (Å²) in [7, 11) is 0. The smallest absolute Gasteiger partial charge is 0.308 e. The van der Waals surface area contributed by atoms with Crippen LogP contribution in [0.4, 0.5) is 0 Å². The zero-order chi connectivity index (χ0) is 14.2. The highest BCUT2D eigenvalue weighted by atomic mass is 35.5. The van der Waals surface area contributed by atoms with Crippen LogP contribution in [0.1, 0.15) is 23.7 Å². The van der Waals surface area contributed by atoms with Gasteiger partial charge in [0.05, 0.1) is 10.9 Å². The van der Waals surface area contributed by atoms with Gasteiger partial charge in [-0.1, -0.05) is 11.6 Å². The van der Waals surface area contributed by atoms with E-state index in [0.717, 1.165) is 0 Å². The summed E-state index contributed by atoms with van der Waals surface area (Å²) < 4.78 is 0. The van der Waals surface area contributed by atoms with Crippen molar-refractivity contribution in [3.05, 3.63) is 28.8 Å². The Balaban J connectivity index is 2.21. The first-order valence-electron chi connectivity index (χ1n) is 5.94. The molecule has 1 aromatic rings. The van der Waals surface area contributed by atoms with Crippen LogP contribution in [0.25, 0.3) is 0 Å². The van der Waals surface area contributed by atoms with Crippen molar-refractivity contribution in [3.63, 3.8) is 0 Å². The number of carbonyl (C=O) groups excluding carboxylic acids is 1. The van der Waals surface area contributed by atoms with Crippen molar-refractivity contribution in [3.8, 4) is 5.75 Å². The molecule has 0 spiro atoms. The number of nitrogens with zero attached hydrogens (tertiary/aromatic N) is 1. The van der Waals surface area contributed by atoms with E-state index in [4.69, 9.17) is 16.7 Å². The number of hydrogen-bond donors (Lipinski definition) is 2. The van der Waals surface area contributed by atoms with Gasteiger partial charge < -0.3 is 15.1 Å². The van der Waals surface area contributed by atoms with Crippen molar-refractivity contribution in [2.75, 3.05) is 6.54 Å². The molecule has 1 aromatic carbocycles. The summed E-state index contributed by atoms with van der Waals surface area (Å²) in [6.45, 7) is 2.14. The number of aliphatic carboxylic acids is 1. The second kappa shape index (κ2) is 5.09. The zero-order valence-corrected chi connectivity index (χ0v) is 11.1. The molecule has 0 bridgehead atoms. The van der Waals surface area contributed by atoms with E-state index < -0.39 is 11.9 Å². The fourth-order valence-electron chi connectivity index (χ4n) is 2.36. The van der Waals surface area contributed by atoms with E-state index in [-0.39, 0.29) is 22.7 Å². The first-order valence-corrected chi connectivity index (χ1v) is 6.32. The third kappa shape index (κ3) is 2.51. The number of amides is 1. The molecule has 1 aliphatic rings. The van der Waals surface area contributed by atoms with Crippen LogP contribution in [0, 0.1) is 5.92 Å². The average Bonchev–Trinajstić information content (AvgIpc) is 2.74. The Bertz CT molecular complexity index is 531. The van der Waals surface area contributed by atoms with Crippen LogP contribution in [0.5, 0.6) is 5.75 Å². The standard InChI is InChI=1S/C13H14ClNO4/c1-7-9(13(18)19)4-5-15(7)12(17)8-2-3-11(16)10(14)6-8/h2-3,6-7,9,16H,4-5H2,1H3,(H,18,19). The van der Waals surface area contributed by atoms with E-state index in [1.165, 1.54) is 23.1 Å². The third-order valence-corrected chi connectivity index (χ3v) is 3.83. The summed E-state index contributed by atoms with van der Waals surface area (Å²) in [6.07, 6.45) is 0.452. The molecule has 102 valence electrons. The van der Waals surface area contributed by atoms with Gasteiger partial charge in [-0.15, -0.1) is 0 Å². The molecule has 2 atom stereocenters. The number of hydrogen-bond acceptors (Lipinski definition) is 3. The van der Waals surface area contributed by atoms with Gasteiger partial charge in [-0.05, 0) is 31.5 Å². The first-order chi connectivity index (χ1) is 8.91. The maximum Gasteiger partial charge on any atom is 0.308 e. The molecular weight excluding hydrogens is 270 g/mol. The lowest BCUT2D eigenvalue weighted by molar-refractivity contribution is -0.142. The van der Waals surface area contributed by atoms with Gasteiger partial charge in [0, 0.05) is 18.2 Å². The third-order valence-electron chi connectivity index (χ3n) is 3.53. The Hall–Kier alpha value is -1.75. The summed E-state index contributed by atoms with van der Waals surface area (Å²) in [5.41, 5.74) is 0.348. The number of carbonyl (C=O) groups is 2. The van der Waals surface area contributed by atoms with Crippen molar-refractivity contribution in [1.29, 1.82) is 0 Å². The van der Waals surface area contributed by atoms with E-state index in [1.54, 1.807) is 6.92 Å². The minimum atomic E-state index is -0.883. The maximum atomic E-state index is 12.3. The Labute approximate surface area is 115 Å². The SMILES string of the molecule is CC1C(C(=O)O)CCN1C(=O)c1ccc(O)c(Cl)c1. The molecule has 0 radical (unpaired) electrons. The van der Waals surface area contributed by atoms with Crippen molar-refractivity contribution >= 4 is 23.5 Å². The highest BCUT2D eigenvalue weighted by molar-refractivity contribution is 6.32. The lowest BCUT2D eigenvalue weighted by Gasteiger charge is -2.23. The summed E-state index contributed by atoms with van der Waals surface area (Å²) in [6, 6.07) is 3.87. The van der Waals surface area contributed by atoms with E-state index in [0.29, 0.717) is 18.5 Å². The number of carboxylic acids is 1. The van der Waals surface area contributed by atoms with Crippen molar-refractivity contribution in [2.45, 2.75) is 19.4 Å². The van der Waals surface area contributed by atoms with Crippen molar-refractivity contribution < 1.29 is 19.8 Å². The molecule has 1 fully saturated rings. The van der Waals surface area contributed by atoms with Gasteiger partial charge in [-0.3, -0.25) is 9.59 Å². The number of phenolic OH excluding ortho intramolecular Hbond substituents is 1. The second-order valence-corrected chi connectivity index (χ2v) is 5.05. The number of phenols is 1. The maximum absolute atomic E-state index is 12.3. The summed E-state index contributed by atoms with van der Waals surface area (Å²) in [5, 5.41) is 18.5. The number of aromatic hydroxyl groups is 1. The fourth-order valence-corrected chi connectivity index (χ4v) is 2.54. The number of rotatable bonds is 2. The van der Waals surface area contributed by atoms with Gasteiger partial charge in [-0.25, -0.2) is 0 Å². The average molecular weight is 284 g/mol. The quantitative estimate of drug-likeness (QED) is 0.870. The topological polar surface area (TPSA) is 77.8 Å². The number of benzene rings is 1. The molecule has 0 aromatic heterocycles. The zero-order valence-electron chi connectivity index (χ0n) is 10.3. The van der Waals surface area contributed by atoms with Gasteiger partial charge in [0.25, 0.3) is 5.91 Å². The van der Waals surface area contributed by atoms with Gasteiger partial charge in [0.1, 0.15) is 5.75 Å². The van der Waals surface area contributed by atoms with Crippen LogP contribution in [0.2, 0.25) is 5.02 Å². The predicted octanol–water partition coefficient (Wildman–Crippen LogP) is 1.98. The second-order valence-electron chi connectivity index (χ2n) is 4.64. The van der Waals surface area contributed by atoms with Gasteiger partial charge in [0.15, 0.2) is 0 Å². The first kappa shape index (κ1) is 13.7. The van der Waals surface area contributed by atoms with E-state index in [9.17, 15) is 14.7 Å². The molecular formula is C13H14ClNO4. The van der Waals surface area contributed by atoms with Crippen molar-refractivity contribution in [1.82, 2.24) is 4.90 Å². The van der Waals surface area contributed by atoms with E-state index in [1.807, 2.05) is 0 Å². The molecule has 1 saturated heterocycles. The van der Waals surface area contributed by atoms with Gasteiger partial charge in [0.2, 0.25) is 0 Å². The molecule has 1 heterocycles. The van der Waals surface area contributed by atoms with Gasteiger partial charge >= 0.3 is 5.97 Å². The Morgan fingerprint density at radius 3 is 2.63 bits per heavy atom. The predicted molar refractivity (Wildman–Crippen MR) is 69.4 cm³/mol. The molecule has 1 amide bonds. The largest absolute Gasteiger partial charge is 0.506 e.